The van der Waals surface area contributed by atoms with E-state index in [0.717, 1.165) is 12.1 Å². The molecular weight excluding hydrogens is 267 g/mol. The van der Waals surface area contributed by atoms with Crippen LogP contribution in [0.5, 0.6) is 5.75 Å². The number of nitrogens with one attached hydrogen (secondary N) is 1. The molecule has 0 spiro atoms. The van der Waals surface area contributed by atoms with Crippen molar-refractivity contribution in [3.05, 3.63) is 65.0 Å². The molecule has 0 fully saturated rings. The Morgan fingerprint density at radius 3 is 2.50 bits per heavy atom. The lowest BCUT2D eigenvalue weighted by Gasteiger charge is -2.09. The average molecular weight is 281 g/mol. The van der Waals surface area contributed by atoms with Gasteiger partial charge in [-0.3, -0.25) is 0 Å². The van der Waals surface area contributed by atoms with E-state index >= 15 is 0 Å². The summed E-state index contributed by atoms with van der Waals surface area (Å²) in [5.74, 6) is -2.02. The quantitative estimate of drug-likeness (QED) is 0.907. The summed E-state index contributed by atoms with van der Waals surface area (Å²) in [6.07, 6.45) is 0. The van der Waals surface area contributed by atoms with Crippen LogP contribution in [0.4, 0.5) is 13.2 Å². The lowest BCUT2D eigenvalue weighted by Crippen LogP contribution is -2.14. The highest BCUT2D eigenvalue weighted by atomic mass is 19.2. The van der Waals surface area contributed by atoms with Crippen LogP contribution in [-0.2, 0) is 13.1 Å². The summed E-state index contributed by atoms with van der Waals surface area (Å²) in [5, 5.41) is 2.97. The molecule has 2 rings (SSSR count). The fourth-order valence-corrected chi connectivity index (χ4v) is 1.84. The van der Waals surface area contributed by atoms with Crippen LogP contribution in [0.15, 0.2) is 36.4 Å². The highest BCUT2D eigenvalue weighted by Crippen LogP contribution is 2.19. The number of rotatable bonds is 5. The van der Waals surface area contributed by atoms with Crippen LogP contribution in [-0.4, -0.2) is 7.11 Å². The molecule has 1 N–H and O–H groups in total. The van der Waals surface area contributed by atoms with Crippen molar-refractivity contribution < 1.29 is 17.9 Å². The number of halogens is 3. The van der Waals surface area contributed by atoms with Gasteiger partial charge in [0.05, 0.1) is 7.11 Å². The minimum atomic E-state index is -0.892. The molecule has 106 valence electrons. The summed E-state index contributed by atoms with van der Waals surface area (Å²) < 4.78 is 44.5. The largest absolute Gasteiger partial charge is 0.494 e. The first-order valence-electron chi connectivity index (χ1n) is 6.08. The van der Waals surface area contributed by atoms with Gasteiger partial charge >= 0.3 is 0 Å². The topological polar surface area (TPSA) is 21.3 Å². The summed E-state index contributed by atoms with van der Waals surface area (Å²) in [6.45, 7) is 0.579. The fourth-order valence-electron chi connectivity index (χ4n) is 1.84. The molecule has 0 saturated heterocycles. The second-order valence-corrected chi connectivity index (χ2v) is 4.29. The number of ether oxygens (including phenoxy) is 1. The van der Waals surface area contributed by atoms with E-state index in [0.29, 0.717) is 17.7 Å². The zero-order chi connectivity index (χ0) is 14.5. The second-order valence-electron chi connectivity index (χ2n) is 4.29. The van der Waals surface area contributed by atoms with Crippen LogP contribution in [0, 0.1) is 17.5 Å². The first-order valence-corrected chi connectivity index (χ1v) is 6.08. The van der Waals surface area contributed by atoms with E-state index in [1.54, 1.807) is 12.1 Å². The second kappa shape index (κ2) is 6.43. The Kier molecular flexibility index (Phi) is 4.63. The van der Waals surface area contributed by atoms with Gasteiger partial charge in [0.2, 0.25) is 0 Å². The molecule has 0 bridgehead atoms. The Bertz CT molecular complexity index is 602. The van der Waals surface area contributed by atoms with Crippen molar-refractivity contribution in [1.82, 2.24) is 5.32 Å². The first kappa shape index (κ1) is 14.4. The standard InChI is InChI=1S/C15H14F3NO/c1-20-14-4-2-3-11(15(14)18)9-19-8-10-5-6-12(16)13(17)7-10/h2-7,19H,8-9H2,1H3. The minimum absolute atomic E-state index is 0.178. The molecule has 2 aromatic rings. The summed E-state index contributed by atoms with van der Waals surface area (Å²) in [4.78, 5) is 0. The highest BCUT2D eigenvalue weighted by molar-refractivity contribution is 5.31. The van der Waals surface area contributed by atoms with Crippen molar-refractivity contribution >= 4 is 0 Å². The molecule has 0 amide bonds. The van der Waals surface area contributed by atoms with Gasteiger partial charge in [0.25, 0.3) is 0 Å². The summed E-state index contributed by atoms with van der Waals surface area (Å²) >= 11 is 0. The van der Waals surface area contributed by atoms with Crippen molar-refractivity contribution in [3.8, 4) is 5.75 Å². The molecule has 5 heteroatoms. The summed E-state index contributed by atoms with van der Waals surface area (Å²) in [7, 11) is 1.40. The van der Waals surface area contributed by atoms with Gasteiger partial charge in [-0.25, -0.2) is 13.2 Å². The molecule has 0 aliphatic rings. The third kappa shape index (κ3) is 3.30. The molecule has 0 unspecified atom stereocenters. The van der Waals surface area contributed by atoms with Gasteiger partial charge < -0.3 is 10.1 Å². The molecule has 0 aromatic heterocycles. The minimum Gasteiger partial charge on any atom is -0.494 e. The maximum absolute atomic E-state index is 13.8. The number of benzene rings is 2. The molecule has 2 nitrogen and oxygen atoms in total. The monoisotopic (exact) mass is 281 g/mol. The summed E-state index contributed by atoms with van der Waals surface area (Å²) in [6, 6.07) is 8.52. The van der Waals surface area contributed by atoms with E-state index in [2.05, 4.69) is 5.32 Å². The van der Waals surface area contributed by atoms with E-state index in [1.165, 1.54) is 19.2 Å². The SMILES string of the molecule is COc1cccc(CNCc2ccc(F)c(F)c2)c1F. The Labute approximate surface area is 115 Å². The van der Waals surface area contributed by atoms with Gasteiger partial charge in [0.1, 0.15) is 0 Å². The Balaban J connectivity index is 1.97. The van der Waals surface area contributed by atoms with E-state index in [1.807, 2.05) is 0 Å². The first-order chi connectivity index (χ1) is 9.61. The van der Waals surface area contributed by atoms with Crippen molar-refractivity contribution in [2.24, 2.45) is 0 Å². The Morgan fingerprint density at radius 1 is 1.00 bits per heavy atom. The lowest BCUT2D eigenvalue weighted by atomic mass is 10.1. The molecular formula is C15H14F3NO. The van der Waals surface area contributed by atoms with E-state index in [4.69, 9.17) is 4.74 Å². The molecule has 20 heavy (non-hydrogen) atoms. The van der Waals surface area contributed by atoms with E-state index in [9.17, 15) is 13.2 Å². The number of hydrogen-bond donors (Lipinski definition) is 1. The number of hydrogen-bond acceptors (Lipinski definition) is 2. The third-order valence-corrected chi connectivity index (χ3v) is 2.89. The third-order valence-electron chi connectivity index (χ3n) is 2.89. The van der Waals surface area contributed by atoms with Crippen LogP contribution in [0.2, 0.25) is 0 Å². The van der Waals surface area contributed by atoms with E-state index < -0.39 is 17.5 Å². The molecule has 0 radical (unpaired) electrons. The van der Waals surface area contributed by atoms with Gasteiger partial charge in [0.15, 0.2) is 23.2 Å². The van der Waals surface area contributed by atoms with Crippen LogP contribution >= 0.6 is 0 Å². The van der Waals surface area contributed by atoms with Gasteiger partial charge in [-0.1, -0.05) is 18.2 Å². The molecule has 0 saturated carbocycles. The van der Waals surface area contributed by atoms with Gasteiger partial charge in [0, 0.05) is 18.7 Å². The van der Waals surface area contributed by atoms with Crippen LogP contribution in [0.1, 0.15) is 11.1 Å². The molecule has 2 aromatic carbocycles. The molecule has 0 aliphatic carbocycles. The highest BCUT2D eigenvalue weighted by Gasteiger charge is 2.08. The number of methoxy groups -OCH3 is 1. The normalized spacial score (nSPS) is 10.6. The predicted octanol–water partition coefficient (Wildman–Crippen LogP) is 3.40. The Morgan fingerprint density at radius 2 is 1.80 bits per heavy atom. The molecule has 0 aliphatic heterocycles. The fraction of sp³-hybridized carbons (Fsp3) is 0.200. The van der Waals surface area contributed by atoms with Crippen molar-refractivity contribution in [2.75, 3.05) is 7.11 Å². The zero-order valence-electron chi connectivity index (χ0n) is 10.9. The van der Waals surface area contributed by atoms with E-state index in [-0.39, 0.29) is 12.3 Å². The van der Waals surface area contributed by atoms with Crippen LogP contribution in [0.25, 0.3) is 0 Å². The van der Waals surface area contributed by atoms with Crippen molar-refractivity contribution in [3.63, 3.8) is 0 Å². The van der Waals surface area contributed by atoms with Gasteiger partial charge in [-0.2, -0.15) is 0 Å². The average Bonchev–Trinajstić information content (AvgIpc) is 2.44. The molecule has 0 heterocycles. The van der Waals surface area contributed by atoms with Crippen molar-refractivity contribution in [1.29, 1.82) is 0 Å². The zero-order valence-corrected chi connectivity index (χ0v) is 10.9. The van der Waals surface area contributed by atoms with Gasteiger partial charge in [-0.15, -0.1) is 0 Å². The lowest BCUT2D eigenvalue weighted by molar-refractivity contribution is 0.383. The maximum Gasteiger partial charge on any atom is 0.169 e. The van der Waals surface area contributed by atoms with Crippen molar-refractivity contribution in [2.45, 2.75) is 13.1 Å². The van der Waals surface area contributed by atoms with Crippen LogP contribution in [0.3, 0.4) is 0 Å². The molecule has 0 atom stereocenters. The summed E-state index contributed by atoms with van der Waals surface area (Å²) in [5.41, 5.74) is 1.04. The van der Waals surface area contributed by atoms with Gasteiger partial charge in [-0.05, 0) is 23.8 Å². The Hall–Kier alpha value is -2.01. The maximum atomic E-state index is 13.8. The smallest absolute Gasteiger partial charge is 0.169 e. The van der Waals surface area contributed by atoms with Crippen LogP contribution < -0.4 is 10.1 Å². The predicted molar refractivity (Wildman–Crippen MR) is 69.9 cm³/mol.